The second-order valence-electron chi connectivity index (χ2n) is 7.57. The Morgan fingerprint density at radius 2 is 1.60 bits per heavy atom. The van der Waals surface area contributed by atoms with Crippen LogP contribution in [0.15, 0.2) is 0 Å². The van der Waals surface area contributed by atoms with Crippen LogP contribution in [0.3, 0.4) is 0 Å². The molecule has 3 saturated heterocycles. The van der Waals surface area contributed by atoms with E-state index in [2.05, 4.69) is 0 Å². The van der Waals surface area contributed by atoms with Crippen molar-refractivity contribution in [1.29, 1.82) is 0 Å². The van der Waals surface area contributed by atoms with Crippen LogP contribution in [-0.4, -0.2) is 60.0 Å². The molecule has 4 aliphatic rings. The van der Waals surface area contributed by atoms with Gasteiger partial charge < -0.3 is 14.5 Å². The molecule has 25 heavy (non-hydrogen) atoms. The summed E-state index contributed by atoms with van der Waals surface area (Å²) in [6.07, 6.45) is 8.22. The molecule has 1 aliphatic carbocycles. The molecule has 5 heteroatoms. The smallest absolute Gasteiger partial charge is 0.219 e. The molecule has 2 amide bonds. The lowest BCUT2D eigenvalue weighted by Gasteiger charge is -2.40. The maximum absolute atomic E-state index is 11.2. The van der Waals surface area contributed by atoms with Crippen molar-refractivity contribution in [3.63, 3.8) is 0 Å². The molecule has 1 saturated carbocycles. The fourth-order valence-corrected chi connectivity index (χ4v) is 4.67. The summed E-state index contributed by atoms with van der Waals surface area (Å²) >= 11 is 0. The van der Waals surface area contributed by atoms with Gasteiger partial charge in [-0.25, -0.2) is 0 Å². The second kappa shape index (κ2) is 9.56. The molecular formula is C20H36N2O3. The van der Waals surface area contributed by atoms with Gasteiger partial charge in [-0.15, -0.1) is 0 Å². The van der Waals surface area contributed by atoms with Crippen LogP contribution in [-0.2, 0) is 14.3 Å². The second-order valence-corrected chi connectivity index (χ2v) is 7.57. The van der Waals surface area contributed by atoms with Gasteiger partial charge in [0.2, 0.25) is 11.8 Å². The highest BCUT2D eigenvalue weighted by molar-refractivity contribution is 5.74. The minimum Gasteiger partial charge on any atom is -0.374 e. The van der Waals surface area contributed by atoms with Crippen molar-refractivity contribution in [2.24, 2.45) is 11.8 Å². The minimum atomic E-state index is 0.191. The number of ether oxygens (including phenoxy) is 1. The first-order valence-corrected chi connectivity index (χ1v) is 10.2. The van der Waals surface area contributed by atoms with E-state index in [1.807, 2.05) is 23.6 Å². The summed E-state index contributed by atoms with van der Waals surface area (Å²) in [5.41, 5.74) is 0. The summed E-state index contributed by atoms with van der Waals surface area (Å²) in [4.78, 5) is 26.1. The summed E-state index contributed by atoms with van der Waals surface area (Å²) in [5, 5.41) is 0. The van der Waals surface area contributed by atoms with E-state index in [-0.39, 0.29) is 11.8 Å². The van der Waals surface area contributed by atoms with Crippen LogP contribution in [0.2, 0.25) is 0 Å². The number of amides is 2. The largest absolute Gasteiger partial charge is 0.374 e. The topological polar surface area (TPSA) is 49.9 Å². The number of hydrogen-bond acceptors (Lipinski definition) is 3. The highest BCUT2D eigenvalue weighted by atomic mass is 16.5. The van der Waals surface area contributed by atoms with E-state index in [9.17, 15) is 9.59 Å². The molecule has 3 aliphatic heterocycles. The van der Waals surface area contributed by atoms with E-state index >= 15 is 0 Å². The Balaban J connectivity index is 0.000000168. The van der Waals surface area contributed by atoms with E-state index in [0.717, 1.165) is 44.5 Å². The Bertz CT molecular complexity index is 454. The highest BCUT2D eigenvalue weighted by Crippen LogP contribution is 2.35. The molecule has 0 radical (unpaired) electrons. The van der Waals surface area contributed by atoms with Crippen LogP contribution in [0.4, 0.5) is 0 Å². The number of carbonyl (C=O) groups is 2. The lowest BCUT2D eigenvalue weighted by Crippen LogP contribution is -2.43. The number of carbonyl (C=O) groups excluding carboxylic acids is 2. The van der Waals surface area contributed by atoms with Crippen molar-refractivity contribution in [3.8, 4) is 0 Å². The average molecular weight is 353 g/mol. The minimum absolute atomic E-state index is 0.191. The molecule has 0 spiro atoms. The summed E-state index contributed by atoms with van der Waals surface area (Å²) < 4.78 is 5.34. The van der Waals surface area contributed by atoms with Gasteiger partial charge in [-0.2, -0.15) is 0 Å². The quantitative estimate of drug-likeness (QED) is 0.673. The van der Waals surface area contributed by atoms with Crippen molar-refractivity contribution in [1.82, 2.24) is 9.80 Å². The van der Waals surface area contributed by atoms with Crippen molar-refractivity contribution in [3.05, 3.63) is 0 Å². The Morgan fingerprint density at radius 3 is 2.08 bits per heavy atom. The first-order chi connectivity index (χ1) is 12.0. The molecule has 4 fully saturated rings. The van der Waals surface area contributed by atoms with E-state index in [1.165, 1.54) is 32.1 Å². The molecule has 0 aromatic heterocycles. The van der Waals surface area contributed by atoms with Gasteiger partial charge in [-0.3, -0.25) is 9.59 Å². The van der Waals surface area contributed by atoms with Crippen molar-refractivity contribution in [2.45, 2.75) is 78.4 Å². The predicted molar refractivity (Wildman–Crippen MR) is 99.2 cm³/mol. The molecular weight excluding hydrogens is 316 g/mol. The zero-order chi connectivity index (χ0) is 18.4. The van der Waals surface area contributed by atoms with Crippen LogP contribution >= 0.6 is 0 Å². The van der Waals surface area contributed by atoms with Gasteiger partial charge in [0.15, 0.2) is 0 Å². The molecule has 3 heterocycles. The third-order valence-corrected chi connectivity index (χ3v) is 6.04. The van der Waals surface area contributed by atoms with Gasteiger partial charge in [0.25, 0.3) is 0 Å². The van der Waals surface area contributed by atoms with Crippen LogP contribution < -0.4 is 0 Å². The zero-order valence-electron chi connectivity index (χ0n) is 16.5. The van der Waals surface area contributed by atoms with Gasteiger partial charge in [0, 0.05) is 33.5 Å². The fourth-order valence-electron chi connectivity index (χ4n) is 4.67. The number of likely N-dealkylation sites (tertiary alicyclic amines) is 2. The van der Waals surface area contributed by atoms with Crippen LogP contribution in [0.25, 0.3) is 0 Å². The number of morpholine rings is 1. The zero-order valence-corrected chi connectivity index (χ0v) is 16.5. The maximum atomic E-state index is 11.2. The van der Waals surface area contributed by atoms with E-state index in [0.29, 0.717) is 12.1 Å². The lowest BCUT2D eigenvalue weighted by molar-refractivity contribution is -0.133. The number of rotatable bonds is 0. The highest BCUT2D eigenvalue weighted by Gasteiger charge is 2.40. The van der Waals surface area contributed by atoms with Crippen molar-refractivity contribution >= 4 is 11.8 Å². The lowest BCUT2D eigenvalue weighted by atomic mass is 9.75. The first-order valence-electron chi connectivity index (χ1n) is 10.2. The van der Waals surface area contributed by atoms with Gasteiger partial charge in [-0.1, -0.05) is 33.1 Å². The standard InChI is InChI=1S/C11H19NO.C7H11NO2.C2H6/c1-9(13)12-7-6-10-4-2-3-5-11(10)8-12;1-5(9)8-3-7-2-6(8)4-10-7;1-2/h10-11H,2-8H2,1H3;6-7H,2-4H2,1H3;1-2H3/t10-,11-;;/m0../s1. The molecule has 4 atom stereocenters. The molecule has 4 rings (SSSR count). The van der Waals surface area contributed by atoms with Gasteiger partial charge in [0.1, 0.15) is 0 Å². The number of fused-ring (bicyclic) bond motifs is 3. The molecule has 0 aromatic carbocycles. The van der Waals surface area contributed by atoms with Crippen LogP contribution in [0.1, 0.15) is 66.2 Å². The number of piperidine rings is 1. The monoisotopic (exact) mass is 352 g/mol. The third-order valence-electron chi connectivity index (χ3n) is 6.04. The Labute approximate surface area is 153 Å². The Hall–Kier alpha value is -1.10. The molecule has 144 valence electrons. The van der Waals surface area contributed by atoms with E-state index in [1.54, 1.807) is 13.8 Å². The Kier molecular flexibility index (Phi) is 7.73. The first kappa shape index (κ1) is 20.2. The molecule has 0 aromatic rings. The maximum Gasteiger partial charge on any atom is 0.219 e. The summed E-state index contributed by atoms with van der Waals surface area (Å²) in [6, 6.07) is 0.391. The van der Waals surface area contributed by atoms with E-state index < -0.39 is 0 Å². The van der Waals surface area contributed by atoms with Crippen LogP contribution in [0.5, 0.6) is 0 Å². The third kappa shape index (κ3) is 5.19. The summed E-state index contributed by atoms with van der Waals surface area (Å²) in [5.74, 6) is 2.22. The summed E-state index contributed by atoms with van der Waals surface area (Å²) in [6.45, 7) is 10.9. The van der Waals surface area contributed by atoms with Gasteiger partial charge in [0.05, 0.1) is 18.8 Å². The average Bonchev–Trinajstić information content (AvgIpc) is 3.27. The van der Waals surface area contributed by atoms with Gasteiger partial charge >= 0.3 is 0 Å². The Morgan fingerprint density at radius 1 is 0.920 bits per heavy atom. The van der Waals surface area contributed by atoms with Crippen molar-refractivity contribution < 1.29 is 14.3 Å². The van der Waals surface area contributed by atoms with E-state index in [4.69, 9.17) is 4.74 Å². The molecule has 0 N–H and O–H groups in total. The predicted octanol–water partition coefficient (Wildman–Crippen LogP) is 3.08. The summed E-state index contributed by atoms with van der Waals surface area (Å²) in [7, 11) is 0. The van der Waals surface area contributed by atoms with Crippen molar-refractivity contribution in [2.75, 3.05) is 26.2 Å². The SMILES string of the molecule is CC.CC(=O)N1CC2CC1CO2.CC(=O)N1CC[C@@H]2CCCC[C@H]2C1. The molecule has 5 nitrogen and oxygen atoms in total. The number of nitrogens with zero attached hydrogens (tertiary/aromatic N) is 2. The number of hydrogen-bond donors (Lipinski definition) is 0. The van der Waals surface area contributed by atoms with Gasteiger partial charge in [-0.05, 0) is 31.1 Å². The fraction of sp³-hybridized carbons (Fsp3) is 0.900. The van der Waals surface area contributed by atoms with Crippen LogP contribution in [0, 0.1) is 11.8 Å². The normalized spacial score (nSPS) is 32.8. The molecule has 2 unspecified atom stereocenters. The molecule has 2 bridgehead atoms.